The molecular formula is CoNiOPt. The first kappa shape index (κ1) is 17.9. The Morgan fingerprint density at radius 3 is 1.25 bits per heavy atom. The van der Waals surface area contributed by atoms with Crippen LogP contribution in [0.4, 0.5) is 0 Å². The summed E-state index contributed by atoms with van der Waals surface area (Å²) in [6, 6.07) is 0. The third-order valence-electron chi connectivity index (χ3n) is 0. The van der Waals surface area contributed by atoms with Crippen LogP contribution in [0.3, 0.4) is 0 Å². The average molecular weight is 329 g/mol. The van der Waals surface area contributed by atoms with Crippen LogP contribution in [-0.4, -0.2) is 0 Å². The molecule has 0 bridgehead atoms. The molecule has 4 heteroatoms. The molecule has 35 valence electrons. The summed E-state index contributed by atoms with van der Waals surface area (Å²) in [6.45, 7) is 0. The monoisotopic (exact) mass is 328 g/mol. The molecule has 0 aromatic carbocycles. The molecule has 0 aliphatic rings. The van der Waals surface area contributed by atoms with Crippen LogP contribution in [0.2, 0.25) is 0 Å². The molecule has 0 saturated carbocycles. The maximum atomic E-state index is 8.22. The van der Waals surface area contributed by atoms with Crippen LogP contribution in [0.1, 0.15) is 0 Å². The molecule has 0 aromatic heterocycles. The van der Waals surface area contributed by atoms with Gasteiger partial charge in [0, 0.05) is 33.3 Å². The van der Waals surface area contributed by atoms with Crippen LogP contribution < -0.4 is 0 Å². The van der Waals surface area contributed by atoms with Gasteiger partial charge < -0.3 is 0 Å². The van der Waals surface area contributed by atoms with Gasteiger partial charge in [0.1, 0.15) is 0 Å². The summed E-state index contributed by atoms with van der Waals surface area (Å²) < 4.78 is 8.22. The van der Waals surface area contributed by atoms with E-state index in [1.807, 2.05) is 0 Å². The predicted molar refractivity (Wildman–Crippen MR) is 0.686 cm³/mol. The summed E-state index contributed by atoms with van der Waals surface area (Å²) in [5.41, 5.74) is 0. The molecule has 0 atom stereocenters. The number of hydrogen-bond donors (Lipinski definition) is 0. The van der Waals surface area contributed by atoms with E-state index >= 15 is 0 Å². The van der Waals surface area contributed by atoms with Crippen molar-refractivity contribution in [2.24, 2.45) is 0 Å². The number of hydrogen-bond acceptors (Lipinski definition) is 1. The Balaban J connectivity index is -0.00000000500. The summed E-state index contributed by atoms with van der Waals surface area (Å²) >= 11 is 0.889. The zero-order chi connectivity index (χ0) is 2.00. The molecule has 0 aliphatic heterocycles. The molecule has 0 fully saturated rings. The minimum atomic E-state index is 0. The molecule has 1 radical (unpaired) electrons. The fourth-order valence-electron chi connectivity index (χ4n) is 0. The molecule has 0 heterocycles. The Hall–Kier alpha value is 1.49. The maximum absolute atomic E-state index is 8.22. The standard InChI is InChI=1S/Co.Ni.O.Pt. The van der Waals surface area contributed by atoms with Gasteiger partial charge in [0.2, 0.25) is 0 Å². The normalized spacial score (nSPS) is 1.50. The molecule has 0 unspecified atom stereocenters. The first-order valence-corrected chi connectivity index (χ1v) is 1.06. The third-order valence-corrected chi connectivity index (χ3v) is 0. The quantitative estimate of drug-likeness (QED) is 0.566. The Labute approximate surface area is 56.2 Å². The average Bonchev–Trinajstić information content (AvgIpc) is 1.00. The van der Waals surface area contributed by atoms with Gasteiger partial charge in [-0.15, -0.1) is 0 Å². The van der Waals surface area contributed by atoms with Crippen LogP contribution in [0, 0.1) is 0 Å². The first-order chi connectivity index (χ1) is 1.00. The Bertz CT molecular complexity index is 8.00. The van der Waals surface area contributed by atoms with E-state index in [4.69, 9.17) is 3.40 Å². The molecule has 0 aromatic rings. The third kappa shape index (κ3) is 9.75. The van der Waals surface area contributed by atoms with Gasteiger partial charge in [-0.3, -0.25) is 0 Å². The van der Waals surface area contributed by atoms with Gasteiger partial charge in [0.15, 0.2) is 0 Å². The van der Waals surface area contributed by atoms with E-state index in [0.29, 0.717) is 0 Å². The van der Waals surface area contributed by atoms with E-state index in [2.05, 4.69) is 0 Å². The van der Waals surface area contributed by atoms with Gasteiger partial charge in [0.25, 0.3) is 0 Å². The predicted octanol–water partition coefficient (Wildman–Crippen LogP) is -0.126. The Kier molecular flexibility index (Phi) is 110. The van der Waals surface area contributed by atoms with Crippen LogP contribution in [0.5, 0.6) is 0 Å². The van der Waals surface area contributed by atoms with Crippen molar-refractivity contribution in [3.63, 3.8) is 0 Å². The van der Waals surface area contributed by atoms with Crippen molar-refractivity contribution >= 4 is 0 Å². The van der Waals surface area contributed by atoms with Crippen LogP contribution >= 0.6 is 0 Å². The van der Waals surface area contributed by atoms with Gasteiger partial charge in [0.05, 0.1) is 0 Å². The Morgan fingerprint density at radius 1 is 1.25 bits per heavy atom. The fourth-order valence-corrected chi connectivity index (χ4v) is 0. The van der Waals surface area contributed by atoms with E-state index in [9.17, 15) is 0 Å². The van der Waals surface area contributed by atoms with E-state index < -0.39 is 0 Å². The van der Waals surface area contributed by atoms with Gasteiger partial charge in [-0.05, 0) is 0 Å². The molecule has 0 N–H and O–H groups in total. The molecule has 0 amide bonds. The SMILES string of the molecule is [Co].[Ni].[O]=[Pt]. The molecule has 0 rings (SSSR count). The minimum absolute atomic E-state index is 0. The van der Waals surface area contributed by atoms with E-state index in [-0.39, 0.29) is 33.3 Å². The molecule has 0 spiro atoms. The Morgan fingerprint density at radius 2 is 1.25 bits per heavy atom. The number of rotatable bonds is 0. The summed E-state index contributed by atoms with van der Waals surface area (Å²) in [4.78, 5) is 0. The summed E-state index contributed by atoms with van der Waals surface area (Å²) in [7, 11) is 0. The zero-order valence-corrected chi connectivity index (χ0v) is 5.67. The van der Waals surface area contributed by atoms with E-state index in [1.165, 1.54) is 0 Å². The van der Waals surface area contributed by atoms with Crippen molar-refractivity contribution < 1.29 is 56.4 Å². The van der Waals surface area contributed by atoms with Crippen molar-refractivity contribution in [2.75, 3.05) is 0 Å². The molecule has 4 heavy (non-hydrogen) atoms. The van der Waals surface area contributed by atoms with Crippen LogP contribution in [-0.2, 0) is 56.4 Å². The second-order valence-corrected chi connectivity index (χ2v) is 0. The van der Waals surface area contributed by atoms with Crippen molar-refractivity contribution in [3.05, 3.63) is 0 Å². The van der Waals surface area contributed by atoms with Crippen molar-refractivity contribution in [3.8, 4) is 0 Å². The summed E-state index contributed by atoms with van der Waals surface area (Å²) in [5, 5.41) is 0. The van der Waals surface area contributed by atoms with Crippen molar-refractivity contribution in [1.29, 1.82) is 0 Å². The van der Waals surface area contributed by atoms with Crippen molar-refractivity contribution in [2.45, 2.75) is 0 Å². The van der Waals surface area contributed by atoms with Crippen LogP contribution in [0.15, 0.2) is 0 Å². The van der Waals surface area contributed by atoms with E-state index in [0.717, 1.165) is 19.8 Å². The van der Waals surface area contributed by atoms with Crippen LogP contribution in [0.25, 0.3) is 0 Å². The van der Waals surface area contributed by atoms with Gasteiger partial charge >= 0.3 is 23.2 Å². The molecular weight excluding hydrogens is 329 g/mol. The fraction of sp³-hybridized carbons (Fsp3) is 0. The second-order valence-electron chi connectivity index (χ2n) is 0. The zero-order valence-electron chi connectivity index (χ0n) is 1.37. The molecule has 1 nitrogen and oxygen atoms in total. The van der Waals surface area contributed by atoms with Gasteiger partial charge in [-0.25, -0.2) is 0 Å². The summed E-state index contributed by atoms with van der Waals surface area (Å²) in [5.74, 6) is 0. The van der Waals surface area contributed by atoms with Crippen molar-refractivity contribution in [1.82, 2.24) is 0 Å². The van der Waals surface area contributed by atoms with Gasteiger partial charge in [-0.2, -0.15) is 0 Å². The molecule has 0 aliphatic carbocycles. The van der Waals surface area contributed by atoms with Gasteiger partial charge in [-0.1, -0.05) is 0 Å². The molecule has 0 saturated heterocycles. The summed E-state index contributed by atoms with van der Waals surface area (Å²) in [6.07, 6.45) is 0. The topological polar surface area (TPSA) is 17.1 Å². The first-order valence-electron chi connectivity index (χ1n) is 0.129. The van der Waals surface area contributed by atoms with E-state index in [1.54, 1.807) is 0 Å². The second kappa shape index (κ2) is 24.7.